The maximum absolute atomic E-state index is 13.0. The first-order valence-electron chi connectivity index (χ1n) is 4.07. The van der Waals surface area contributed by atoms with Crippen LogP contribution in [0.1, 0.15) is 5.56 Å². The third kappa shape index (κ3) is 2.85. The van der Waals surface area contributed by atoms with Crippen molar-refractivity contribution in [1.29, 1.82) is 0 Å². The van der Waals surface area contributed by atoms with E-state index in [0.29, 0.717) is 6.07 Å². The topological polar surface area (TPSA) is 9.23 Å². The number of halogens is 3. The normalized spacial score (nSPS) is 11.0. The quantitative estimate of drug-likeness (QED) is 0.561. The number of rotatable bonds is 3. The highest BCUT2D eigenvalue weighted by molar-refractivity contribution is 6.48. The summed E-state index contributed by atoms with van der Waals surface area (Å²) in [5.74, 6) is -3.00. The molecule has 0 aliphatic heterocycles. The van der Waals surface area contributed by atoms with Crippen LogP contribution in [-0.4, -0.2) is 9.04 Å². The SMILES string of the molecule is C[Si](C)OCc1cc(F)cc(F)c1F. The van der Waals surface area contributed by atoms with Gasteiger partial charge in [0.15, 0.2) is 11.6 Å². The van der Waals surface area contributed by atoms with E-state index in [2.05, 4.69) is 0 Å². The maximum Gasteiger partial charge on any atom is 0.205 e. The molecule has 0 heterocycles. The molecule has 0 saturated heterocycles. The monoisotopic (exact) mass is 219 g/mol. The van der Waals surface area contributed by atoms with Crippen LogP contribution in [0, 0.1) is 17.5 Å². The second kappa shape index (κ2) is 4.61. The predicted octanol–water partition coefficient (Wildman–Crippen LogP) is 2.87. The van der Waals surface area contributed by atoms with Gasteiger partial charge >= 0.3 is 0 Å². The zero-order valence-corrected chi connectivity index (χ0v) is 8.90. The number of hydrogen-bond donors (Lipinski definition) is 0. The second-order valence-corrected chi connectivity index (χ2v) is 5.16. The van der Waals surface area contributed by atoms with Gasteiger partial charge < -0.3 is 4.43 Å². The first-order chi connectivity index (χ1) is 6.50. The van der Waals surface area contributed by atoms with Crippen molar-refractivity contribution in [2.75, 3.05) is 0 Å². The highest BCUT2D eigenvalue weighted by atomic mass is 28.3. The summed E-state index contributed by atoms with van der Waals surface area (Å²) in [7, 11) is -0.986. The number of benzene rings is 1. The molecule has 0 N–H and O–H groups in total. The third-order valence-corrected chi connectivity index (χ3v) is 2.31. The Morgan fingerprint density at radius 3 is 2.43 bits per heavy atom. The molecule has 0 bridgehead atoms. The van der Waals surface area contributed by atoms with Crippen LogP contribution in [-0.2, 0) is 11.0 Å². The molecule has 77 valence electrons. The van der Waals surface area contributed by atoms with E-state index in [-0.39, 0.29) is 12.2 Å². The Balaban J connectivity index is 2.85. The molecule has 5 heteroatoms. The first-order valence-corrected chi connectivity index (χ1v) is 6.48. The standard InChI is InChI=1S/C9H10F3OSi/c1-14(2)13-5-6-3-7(10)4-8(11)9(6)12/h3-4H,5H2,1-2H3. The Labute approximate surface area is 82.2 Å². The summed E-state index contributed by atoms with van der Waals surface area (Å²) in [4.78, 5) is 0. The molecule has 1 radical (unpaired) electrons. The Morgan fingerprint density at radius 2 is 1.86 bits per heavy atom. The number of hydrogen-bond acceptors (Lipinski definition) is 1. The Morgan fingerprint density at radius 1 is 1.21 bits per heavy atom. The van der Waals surface area contributed by atoms with Crippen molar-refractivity contribution in [2.24, 2.45) is 0 Å². The lowest BCUT2D eigenvalue weighted by molar-refractivity contribution is 0.303. The minimum Gasteiger partial charge on any atom is -0.413 e. The molecule has 0 spiro atoms. The maximum atomic E-state index is 13.0. The lowest BCUT2D eigenvalue weighted by Crippen LogP contribution is -2.09. The largest absolute Gasteiger partial charge is 0.413 e. The van der Waals surface area contributed by atoms with Crippen LogP contribution < -0.4 is 0 Å². The smallest absolute Gasteiger partial charge is 0.205 e. The van der Waals surface area contributed by atoms with Crippen LogP contribution >= 0.6 is 0 Å². The van der Waals surface area contributed by atoms with E-state index in [9.17, 15) is 13.2 Å². The van der Waals surface area contributed by atoms with E-state index < -0.39 is 26.5 Å². The Kier molecular flexibility index (Phi) is 3.71. The van der Waals surface area contributed by atoms with Crippen LogP contribution in [0.5, 0.6) is 0 Å². The molecule has 0 unspecified atom stereocenters. The molecule has 0 atom stereocenters. The van der Waals surface area contributed by atoms with Crippen molar-refractivity contribution in [3.63, 3.8) is 0 Å². The molecule has 0 amide bonds. The van der Waals surface area contributed by atoms with Crippen molar-refractivity contribution in [3.8, 4) is 0 Å². The Hall–Kier alpha value is -0.813. The molecule has 1 aromatic rings. The van der Waals surface area contributed by atoms with Gasteiger partial charge in [0.1, 0.15) is 5.82 Å². The molecule has 0 aliphatic carbocycles. The van der Waals surface area contributed by atoms with E-state index in [0.717, 1.165) is 6.07 Å². The molecule has 0 aliphatic rings. The summed E-state index contributed by atoms with van der Waals surface area (Å²) in [6.45, 7) is 3.64. The van der Waals surface area contributed by atoms with Gasteiger partial charge in [-0.2, -0.15) is 0 Å². The van der Waals surface area contributed by atoms with E-state index in [1.165, 1.54) is 0 Å². The fourth-order valence-electron chi connectivity index (χ4n) is 0.936. The Bertz CT molecular complexity index is 328. The summed E-state index contributed by atoms with van der Waals surface area (Å²) in [6, 6.07) is 1.46. The lowest BCUT2D eigenvalue weighted by atomic mass is 10.2. The third-order valence-electron chi connectivity index (χ3n) is 1.58. The molecule has 1 aromatic carbocycles. The van der Waals surface area contributed by atoms with E-state index >= 15 is 0 Å². The summed E-state index contributed by atoms with van der Waals surface area (Å²) in [5.41, 5.74) is -0.0753. The summed E-state index contributed by atoms with van der Waals surface area (Å²) in [5, 5.41) is 0. The molecule has 0 fully saturated rings. The van der Waals surface area contributed by atoms with Gasteiger partial charge in [-0.3, -0.25) is 0 Å². The average molecular weight is 219 g/mol. The van der Waals surface area contributed by atoms with Crippen LogP contribution in [0.15, 0.2) is 12.1 Å². The van der Waals surface area contributed by atoms with Crippen LogP contribution in [0.25, 0.3) is 0 Å². The van der Waals surface area contributed by atoms with Gasteiger partial charge in [-0.1, -0.05) is 0 Å². The van der Waals surface area contributed by atoms with E-state index in [1.54, 1.807) is 0 Å². The van der Waals surface area contributed by atoms with Crippen molar-refractivity contribution >= 4 is 9.04 Å². The molecular formula is C9H10F3OSi. The average Bonchev–Trinajstić information content (AvgIpc) is 2.08. The van der Waals surface area contributed by atoms with Gasteiger partial charge in [0.25, 0.3) is 0 Å². The fraction of sp³-hybridized carbons (Fsp3) is 0.333. The molecule has 0 saturated carbocycles. The van der Waals surface area contributed by atoms with Gasteiger partial charge in [-0.05, 0) is 19.2 Å². The zero-order chi connectivity index (χ0) is 10.7. The highest BCUT2D eigenvalue weighted by Gasteiger charge is 2.11. The molecule has 1 nitrogen and oxygen atoms in total. The minimum atomic E-state index is -1.18. The van der Waals surface area contributed by atoms with Gasteiger partial charge in [0.05, 0.1) is 6.61 Å². The van der Waals surface area contributed by atoms with E-state index in [1.807, 2.05) is 13.1 Å². The van der Waals surface area contributed by atoms with Crippen LogP contribution in [0.4, 0.5) is 13.2 Å². The van der Waals surface area contributed by atoms with Gasteiger partial charge in [-0.25, -0.2) is 13.2 Å². The molecule has 14 heavy (non-hydrogen) atoms. The predicted molar refractivity (Wildman–Crippen MR) is 48.6 cm³/mol. The summed E-state index contributed by atoms with van der Waals surface area (Å²) >= 11 is 0. The minimum absolute atomic E-state index is 0.0753. The summed E-state index contributed by atoms with van der Waals surface area (Å²) < 4.78 is 43.5. The van der Waals surface area contributed by atoms with Crippen molar-refractivity contribution in [3.05, 3.63) is 35.1 Å². The molecule has 1 rings (SSSR count). The van der Waals surface area contributed by atoms with Crippen molar-refractivity contribution in [2.45, 2.75) is 19.7 Å². The fourth-order valence-corrected chi connectivity index (χ4v) is 1.38. The van der Waals surface area contributed by atoms with Gasteiger partial charge in [0.2, 0.25) is 9.04 Å². The first kappa shape index (κ1) is 11.3. The van der Waals surface area contributed by atoms with Crippen LogP contribution in [0.2, 0.25) is 13.1 Å². The van der Waals surface area contributed by atoms with Gasteiger partial charge in [0, 0.05) is 11.6 Å². The van der Waals surface area contributed by atoms with Crippen molar-refractivity contribution in [1.82, 2.24) is 0 Å². The summed E-state index contributed by atoms with van der Waals surface area (Å²) in [6.07, 6.45) is 0. The van der Waals surface area contributed by atoms with E-state index in [4.69, 9.17) is 4.43 Å². The molecular weight excluding hydrogens is 209 g/mol. The second-order valence-electron chi connectivity index (χ2n) is 3.06. The molecule has 0 aromatic heterocycles. The van der Waals surface area contributed by atoms with Gasteiger partial charge in [-0.15, -0.1) is 0 Å². The highest BCUT2D eigenvalue weighted by Crippen LogP contribution is 2.15. The van der Waals surface area contributed by atoms with Crippen LogP contribution in [0.3, 0.4) is 0 Å². The zero-order valence-electron chi connectivity index (χ0n) is 7.90. The lowest BCUT2D eigenvalue weighted by Gasteiger charge is -2.07. The van der Waals surface area contributed by atoms with Crippen molar-refractivity contribution < 1.29 is 17.6 Å².